The summed E-state index contributed by atoms with van der Waals surface area (Å²) in [6, 6.07) is 16.4. The third kappa shape index (κ3) is 5.15. The number of rotatable bonds is 7. The van der Waals surface area contributed by atoms with Gasteiger partial charge in [-0.2, -0.15) is 0 Å². The molecule has 0 radical (unpaired) electrons. The molecule has 7 heteroatoms. The standard InChI is InChI=1S/C20H18N2O4S/c23-18(16-7-4-12-26-16)17-9-8-15(27-17)13-22-20(25)19(24)21-11-10-14-5-2-1-3-6-14/h1-9,12H,10-11,13H2,(H,21,24)(H,22,25). The van der Waals surface area contributed by atoms with Gasteiger partial charge in [0.15, 0.2) is 5.76 Å². The van der Waals surface area contributed by atoms with Gasteiger partial charge in [0.2, 0.25) is 5.78 Å². The van der Waals surface area contributed by atoms with Crippen LogP contribution in [0, 0.1) is 0 Å². The quantitative estimate of drug-likeness (QED) is 0.486. The second-order valence-electron chi connectivity index (χ2n) is 5.75. The molecule has 0 saturated heterocycles. The van der Waals surface area contributed by atoms with E-state index in [1.807, 2.05) is 30.3 Å². The normalized spacial score (nSPS) is 10.4. The largest absolute Gasteiger partial charge is 0.461 e. The van der Waals surface area contributed by atoms with Crippen LogP contribution in [0.4, 0.5) is 0 Å². The molecule has 0 aliphatic rings. The zero-order chi connectivity index (χ0) is 19.1. The molecule has 2 N–H and O–H groups in total. The van der Waals surface area contributed by atoms with Crippen molar-refractivity contribution < 1.29 is 18.8 Å². The molecule has 0 atom stereocenters. The van der Waals surface area contributed by atoms with Crippen LogP contribution in [0.2, 0.25) is 0 Å². The number of carbonyl (C=O) groups is 3. The van der Waals surface area contributed by atoms with E-state index >= 15 is 0 Å². The molecule has 3 aromatic rings. The van der Waals surface area contributed by atoms with Crippen molar-refractivity contribution in [3.63, 3.8) is 0 Å². The summed E-state index contributed by atoms with van der Waals surface area (Å²) in [7, 11) is 0. The number of benzene rings is 1. The lowest BCUT2D eigenvalue weighted by atomic mass is 10.1. The van der Waals surface area contributed by atoms with Crippen LogP contribution in [-0.4, -0.2) is 24.1 Å². The van der Waals surface area contributed by atoms with Gasteiger partial charge in [0, 0.05) is 11.4 Å². The smallest absolute Gasteiger partial charge is 0.309 e. The minimum Gasteiger partial charge on any atom is -0.461 e. The minimum absolute atomic E-state index is 0.182. The third-order valence-electron chi connectivity index (χ3n) is 3.80. The van der Waals surface area contributed by atoms with Gasteiger partial charge < -0.3 is 15.1 Å². The maximum atomic E-state index is 12.2. The first-order valence-corrected chi connectivity index (χ1v) is 9.22. The van der Waals surface area contributed by atoms with Crippen LogP contribution >= 0.6 is 11.3 Å². The van der Waals surface area contributed by atoms with Gasteiger partial charge in [-0.1, -0.05) is 30.3 Å². The van der Waals surface area contributed by atoms with Gasteiger partial charge in [0.25, 0.3) is 0 Å². The summed E-state index contributed by atoms with van der Waals surface area (Å²) >= 11 is 1.25. The average molecular weight is 382 g/mol. The van der Waals surface area contributed by atoms with E-state index in [1.54, 1.807) is 24.3 Å². The maximum absolute atomic E-state index is 12.2. The fraction of sp³-hybridized carbons (Fsp3) is 0.150. The minimum atomic E-state index is -0.699. The van der Waals surface area contributed by atoms with Crippen LogP contribution in [-0.2, 0) is 22.6 Å². The number of amides is 2. The number of furan rings is 1. The Kier molecular flexibility index (Phi) is 6.17. The van der Waals surface area contributed by atoms with E-state index in [0.29, 0.717) is 17.8 Å². The molecule has 2 amide bonds. The Labute approximate surface area is 160 Å². The predicted octanol–water partition coefficient (Wildman–Crippen LogP) is 2.55. The topological polar surface area (TPSA) is 88.4 Å². The zero-order valence-electron chi connectivity index (χ0n) is 14.4. The summed E-state index contributed by atoms with van der Waals surface area (Å²) in [6.45, 7) is 0.568. The van der Waals surface area contributed by atoms with Crippen molar-refractivity contribution in [1.29, 1.82) is 0 Å². The summed E-state index contributed by atoms with van der Waals surface area (Å²) in [5, 5.41) is 5.15. The highest BCUT2D eigenvalue weighted by Crippen LogP contribution is 2.20. The summed E-state index contributed by atoms with van der Waals surface area (Å²) in [5.74, 6) is -1.31. The summed E-state index contributed by atoms with van der Waals surface area (Å²) in [5.41, 5.74) is 1.09. The highest BCUT2D eigenvalue weighted by Gasteiger charge is 2.16. The molecular formula is C20H18N2O4S. The van der Waals surface area contributed by atoms with Crippen molar-refractivity contribution >= 4 is 28.9 Å². The lowest BCUT2D eigenvalue weighted by Gasteiger charge is -2.06. The number of carbonyl (C=O) groups excluding carboxylic acids is 3. The zero-order valence-corrected chi connectivity index (χ0v) is 15.3. The first-order chi connectivity index (χ1) is 13.1. The highest BCUT2D eigenvalue weighted by atomic mass is 32.1. The fourth-order valence-corrected chi connectivity index (χ4v) is 3.31. The van der Waals surface area contributed by atoms with E-state index < -0.39 is 11.8 Å². The van der Waals surface area contributed by atoms with Crippen LogP contribution in [0.1, 0.15) is 25.9 Å². The Morgan fingerprint density at radius 3 is 2.41 bits per heavy atom. The van der Waals surface area contributed by atoms with E-state index in [-0.39, 0.29) is 18.1 Å². The van der Waals surface area contributed by atoms with Crippen molar-refractivity contribution in [1.82, 2.24) is 10.6 Å². The molecule has 0 unspecified atom stereocenters. The van der Waals surface area contributed by atoms with E-state index in [2.05, 4.69) is 10.6 Å². The molecule has 0 saturated carbocycles. The first-order valence-electron chi connectivity index (χ1n) is 8.40. The van der Waals surface area contributed by atoms with E-state index in [9.17, 15) is 14.4 Å². The highest BCUT2D eigenvalue weighted by molar-refractivity contribution is 7.14. The van der Waals surface area contributed by atoms with Crippen LogP contribution in [0.3, 0.4) is 0 Å². The van der Waals surface area contributed by atoms with Crippen LogP contribution in [0.25, 0.3) is 0 Å². The van der Waals surface area contributed by atoms with Crippen molar-refractivity contribution in [2.75, 3.05) is 6.54 Å². The summed E-state index contributed by atoms with van der Waals surface area (Å²) in [6.07, 6.45) is 2.10. The molecule has 2 heterocycles. The van der Waals surface area contributed by atoms with E-state index in [1.165, 1.54) is 17.6 Å². The van der Waals surface area contributed by atoms with Gasteiger partial charge in [0.05, 0.1) is 17.7 Å². The van der Waals surface area contributed by atoms with Gasteiger partial charge in [-0.15, -0.1) is 11.3 Å². The number of hydrogen-bond acceptors (Lipinski definition) is 5. The van der Waals surface area contributed by atoms with Gasteiger partial charge >= 0.3 is 11.8 Å². The van der Waals surface area contributed by atoms with Crippen LogP contribution < -0.4 is 10.6 Å². The predicted molar refractivity (Wildman–Crippen MR) is 101 cm³/mol. The SMILES string of the molecule is O=C(NCCc1ccccc1)C(=O)NCc1ccc(C(=O)c2ccco2)s1. The van der Waals surface area contributed by atoms with E-state index in [4.69, 9.17) is 4.42 Å². The molecular weight excluding hydrogens is 364 g/mol. The number of thiophene rings is 1. The van der Waals surface area contributed by atoms with Gasteiger partial charge in [-0.3, -0.25) is 14.4 Å². The number of ketones is 1. The molecule has 138 valence electrons. The second-order valence-corrected chi connectivity index (χ2v) is 6.91. The van der Waals surface area contributed by atoms with Gasteiger partial charge in [0.1, 0.15) is 0 Å². The van der Waals surface area contributed by atoms with Gasteiger partial charge in [-0.25, -0.2) is 0 Å². The lowest BCUT2D eigenvalue weighted by molar-refractivity contribution is -0.139. The first kappa shape index (κ1) is 18.6. The van der Waals surface area contributed by atoms with Crippen molar-refractivity contribution in [3.05, 3.63) is 81.9 Å². The fourth-order valence-electron chi connectivity index (χ4n) is 2.42. The second kappa shape index (κ2) is 8.95. The Morgan fingerprint density at radius 2 is 1.67 bits per heavy atom. The summed E-state index contributed by atoms with van der Waals surface area (Å²) < 4.78 is 5.09. The molecule has 2 aromatic heterocycles. The molecule has 27 heavy (non-hydrogen) atoms. The monoisotopic (exact) mass is 382 g/mol. The van der Waals surface area contributed by atoms with Crippen molar-refractivity contribution in [3.8, 4) is 0 Å². The molecule has 6 nitrogen and oxygen atoms in total. The van der Waals surface area contributed by atoms with Crippen LogP contribution in [0.15, 0.2) is 65.3 Å². The van der Waals surface area contributed by atoms with Crippen molar-refractivity contribution in [2.45, 2.75) is 13.0 Å². The Bertz CT molecular complexity index is 917. The Morgan fingerprint density at radius 1 is 0.889 bits per heavy atom. The maximum Gasteiger partial charge on any atom is 0.309 e. The molecule has 1 aromatic carbocycles. The van der Waals surface area contributed by atoms with E-state index in [0.717, 1.165) is 10.4 Å². The molecule has 0 spiro atoms. The Hall–Kier alpha value is -3.19. The molecule has 0 fully saturated rings. The third-order valence-corrected chi connectivity index (χ3v) is 4.89. The summed E-state index contributed by atoms with van der Waals surface area (Å²) in [4.78, 5) is 37.2. The number of nitrogens with one attached hydrogen (secondary N) is 2. The van der Waals surface area contributed by atoms with Crippen LogP contribution in [0.5, 0.6) is 0 Å². The average Bonchev–Trinajstić information content (AvgIpc) is 3.38. The molecule has 0 aliphatic carbocycles. The van der Waals surface area contributed by atoms with Gasteiger partial charge in [-0.05, 0) is 36.2 Å². The lowest BCUT2D eigenvalue weighted by Crippen LogP contribution is -2.40. The molecule has 3 rings (SSSR count). The van der Waals surface area contributed by atoms with Crippen molar-refractivity contribution in [2.24, 2.45) is 0 Å². The molecule has 0 aliphatic heterocycles. The molecule has 0 bridgehead atoms. The number of hydrogen-bond donors (Lipinski definition) is 2. The Balaban J connectivity index is 1.43.